The summed E-state index contributed by atoms with van der Waals surface area (Å²) < 4.78 is 0. The van der Waals surface area contributed by atoms with Crippen LogP contribution in [0.2, 0.25) is 0 Å². The van der Waals surface area contributed by atoms with Crippen molar-refractivity contribution in [2.45, 2.75) is 51.0 Å². The Balaban J connectivity index is 1.40. The molecule has 3 nitrogen and oxygen atoms in total. The second-order valence-corrected chi connectivity index (χ2v) is 5.90. The van der Waals surface area contributed by atoms with Gasteiger partial charge < -0.3 is 10.2 Å². The largest absolute Gasteiger partial charge is 0.374 e. The molecule has 0 amide bonds. The van der Waals surface area contributed by atoms with Crippen LogP contribution in [0.5, 0.6) is 0 Å². The van der Waals surface area contributed by atoms with E-state index < -0.39 is 0 Å². The summed E-state index contributed by atoms with van der Waals surface area (Å²) in [6.45, 7) is 4.86. The molecule has 2 aliphatic heterocycles. The van der Waals surface area contributed by atoms with Crippen molar-refractivity contribution < 1.29 is 0 Å². The van der Waals surface area contributed by atoms with E-state index in [1.807, 2.05) is 0 Å². The molecule has 1 N–H and O–H groups in total. The fourth-order valence-corrected chi connectivity index (χ4v) is 3.08. The third-order valence-corrected chi connectivity index (χ3v) is 4.35. The summed E-state index contributed by atoms with van der Waals surface area (Å²) in [6.07, 6.45) is 9.43. The van der Waals surface area contributed by atoms with Gasteiger partial charge in [-0.2, -0.15) is 0 Å². The predicted molar refractivity (Wildman–Crippen MR) is 71.5 cm³/mol. The van der Waals surface area contributed by atoms with Gasteiger partial charge >= 0.3 is 0 Å². The van der Waals surface area contributed by atoms with Gasteiger partial charge in [-0.25, -0.2) is 0 Å². The van der Waals surface area contributed by atoms with Gasteiger partial charge in [0.05, 0.1) is 5.84 Å². The van der Waals surface area contributed by atoms with E-state index in [0.717, 1.165) is 25.0 Å². The van der Waals surface area contributed by atoms with E-state index in [-0.39, 0.29) is 0 Å². The van der Waals surface area contributed by atoms with Gasteiger partial charge in [0.15, 0.2) is 0 Å². The standard InChI is InChI=1S/C14H25N3/c1-2-4-14(15-8-3-1)16-10-12-7-9-17(11-12)13-5-6-13/h12-13H,1-11H2,(H,15,16). The van der Waals surface area contributed by atoms with Crippen molar-refractivity contribution in [3.05, 3.63) is 0 Å². The zero-order valence-corrected chi connectivity index (χ0v) is 10.8. The molecular weight excluding hydrogens is 210 g/mol. The van der Waals surface area contributed by atoms with Crippen LogP contribution >= 0.6 is 0 Å². The maximum Gasteiger partial charge on any atom is 0.0963 e. The summed E-state index contributed by atoms with van der Waals surface area (Å²) in [6, 6.07) is 0.954. The van der Waals surface area contributed by atoms with Crippen LogP contribution in [0.1, 0.15) is 44.9 Å². The Morgan fingerprint density at radius 3 is 3.00 bits per heavy atom. The van der Waals surface area contributed by atoms with E-state index in [1.165, 1.54) is 63.9 Å². The molecule has 0 spiro atoms. The Kier molecular flexibility index (Phi) is 3.65. The van der Waals surface area contributed by atoms with Crippen molar-refractivity contribution in [2.75, 3.05) is 26.2 Å². The van der Waals surface area contributed by atoms with E-state index in [9.17, 15) is 0 Å². The van der Waals surface area contributed by atoms with Crippen LogP contribution in [0.25, 0.3) is 0 Å². The predicted octanol–water partition coefficient (Wildman–Crippen LogP) is 2.03. The lowest BCUT2D eigenvalue weighted by Gasteiger charge is -2.16. The highest BCUT2D eigenvalue weighted by molar-refractivity contribution is 5.82. The minimum absolute atomic E-state index is 0.863. The summed E-state index contributed by atoms with van der Waals surface area (Å²) >= 11 is 0. The number of likely N-dealkylation sites (tertiary alicyclic amines) is 1. The molecule has 2 heterocycles. The smallest absolute Gasteiger partial charge is 0.0963 e. The molecule has 1 aliphatic carbocycles. The maximum absolute atomic E-state index is 4.64. The molecule has 1 unspecified atom stereocenters. The molecule has 0 aromatic carbocycles. The molecule has 0 radical (unpaired) electrons. The molecule has 3 rings (SSSR count). The first kappa shape index (κ1) is 11.5. The Labute approximate surface area is 105 Å². The molecule has 3 heteroatoms. The third-order valence-electron chi connectivity index (χ3n) is 4.35. The Hall–Kier alpha value is -0.570. The number of nitrogens with zero attached hydrogens (tertiary/aromatic N) is 2. The molecule has 0 bridgehead atoms. The minimum atomic E-state index is 0.863. The SMILES string of the molecule is C1CCN=C(NCC2CCN(C3CC3)C2)CC1. The van der Waals surface area contributed by atoms with Crippen molar-refractivity contribution in [3.8, 4) is 0 Å². The molecule has 0 aromatic heterocycles. The number of amidine groups is 1. The Morgan fingerprint density at radius 1 is 1.18 bits per heavy atom. The highest BCUT2D eigenvalue weighted by Crippen LogP contribution is 2.31. The van der Waals surface area contributed by atoms with E-state index in [4.69, 9.17) is 0 Å². The average molecular weight is 235 g/mol. The summed E-state index contributed by atoms with van der Waals surface area (Å²) in [5.74, 6) is 2.15. The zero-order chi connectivity index (χ0) is 11.5. The lowest BCUT2D eigenvalue weighted by atomic mass is 10.1. The van der Waals surface area contributed by atoms with E-state index in [1.54, 1.807) is 0 Å². The quantitative estimate of drug-likeness (QED) is 0.810. The highest BCUT2D eigenvalue weighted by Gasteiger charge is 2.34. The topological polar surface area (TPSA) is 27.6 Å². The number of rotatable bonds is 3. The lowest BCUT2D eigenvalue weighted by molar-refractivity contribution is 0.314. The van der Waals surface area contributed by atoms with E-state index >= 15 is 0 Å². The van der Waals surface area contributed by atoms with Crippen molar-refractivity contribution >= 4 is 5.84 Å². The van der Waals surface area contributed by atoms with Crippen molar-refractivity contribution in [1.29, 1.82) is 0 Å². The lowest BCUT2D eigenvalue weighted by Crippen LogP contribution is -2.31. The Bertz CT molecular complexity index is 283. The number of nitrogens with one attached hydrogen (secondary N) is 1. The molecule has 17 heavy (non-hydrogen) atoms. The van der Waals surface area contributed by atoms with Crippen molar-refractivity contribution in [2.24, 2.45) is 10.9 Å². The summed E-state index contributed by atoms with van der Waals surface area (Å²) in [5, 5.41) is 3.61. The zero-order valence-electron chi connectivity index (χ0n) is 10.8. The molecule has 1 atom stereocenters. The molecule has 0 aromatic rings. The average Bonchev–Trinajstić information content (AvgIpc) is 3.13. The highest BCUT2D eigenvalue weighted by atomic mass is 15.2. The van der Waals surface area contributed by atoms with Crippen LogP contribution < -0.4 is 5.32 Å². The van der Waals surface area contributed by atoms with Crippen LogP contribution in [0, 0.1) is 5.92 Å². The van der Waals surface area contributed by atoms with Crippen LogP contribution in [-0.4, -0.2) is 43.0 Å². The van der Waals surface area contributed by atoms with Gasteiger partial charge in [0.2, 0.25) is 0 Å². The van der Waals surface area contributed by atoms with Gasteiger partial charge in [0.25, 0.3) is 0 Å². The monoisotopic (exact) mass is 235 g/mol. The van der Waals surface area contributed by atoms with Crippen molar-refractivity contribution in [1.82, 2.24) is 10.2 Å². The van der Waals surface area contributed by atoms with Crippen LogP contribution in [0.4, 0.5) is 0 Å². The van der Waals surface area contributed by atoms with Gasteiger partial charge in [-0.1, -0.05) is 6.42 Å². The molecule has 1 saturated carbocycles. The van der Waals surface area contributed by atoms with Gasteiger partial charge in [0, 0.05) is 32.1 Å². The summed E-state index contributed by atoms with van der Waals surface area (Å²) in [5.41, 5.74) is 0. The number of hydrogen-bond donors (Lipinski definition) is 1. The summed E-state index contributed by atoms with van der Waals surface area (Å²) in [7, 11) is 0. The molecular formula is C14H25N3. The molecule has 3 aliphatic rings. The molecule has 2 fully saturated rings. The van der Waals surface area contributed by atoms with E-state index in [0.29, 0.717) is 0 Å². The van der Waals surface area contributed by atoms with Gasteiger partial charge in [-0.15, -0.1) is 0 Å². The van der Waals surface area contributed by atoms with Crippen LogP contribution in [-0.2, 0) is 0 Å². The number of aliphatic imine (C=N–C) groups is 1. The van der Waals surface area contributed by atoms with Gasteiger partial charge in [-0.3, -0.25) is 4.99 Å². The minimum Gasteiger partial charge on any atom is -0.374 e. The van der Waals surface area contributed by atoms with Crippen molar-refractivity contribution in [3.63, 3.8) is 0 Å². The third kappa shape index (κ3) is 3.21. The first-order valence-electron chi connectivity index (χ1n) is 7.43. The second kappa shape index (κ2) is 5.38. The second-order valence-electron chi connectivity index (χ2n) is 5.90. The van der Waals surface area contributed by atoms with Gasteiger partial charge in [-0.05, 0) is 44.6 Å². The van der Waals surface area contributed by atoms with Gasteiger partial charge in [0.1, 0.15) is 0 Å². The summed E-state index contributed by atoms with van der Waals surface area (Å²) in [4.78, 5) is 7.34. The first-order chi connectivity index (χ1) is 8.42. The Morgan fingerprint density at radius 2 is 2.12 bits per heavy atom. The number of hydrogen-bond acceptors (Lipinski definition) is 3. The first-order valence-corrected chi connectivity index (χ1v) is 7.43. The fraction of sp³-hybridized carbons (Fsp3) is 0.929. The normalized spacial score (nSPS) is 31.1. The molecule has 1 saturated heterocycles. The molecule has 96 valence electrons. The fourth-order valence-electron chi connectivity index (χ4n) is 3.08. The maximum atomic E-state index is 4.64. The van der Waals surface area contributed by atoms with Crippen LogP contribution in [0.15, 0.2) is 4.99 Å². The van der Waals surface area contributed by atoms with E-state index in [2.05, 4.69) is 15.2 Å². The van der Waals surface area contributed by atoms with Crippen LogP contribution in [0.3, 0.4) is 0 Å².